The van der Waals surface area contributed by atoms with Crippen LogP contribution in [-0.2, 0) is 66.5 Å². The number of allylic oxidation sites excluding steroid dienone is 3. The number of aliphatic carboxylic acids is 1. The van der Waals surface area contributed by atoms with Gasteiger partial charge in [0.2, 0.25) is 0 Å². The van der Waals surface area contributed by atoms with Gasteiger partial charge in [-0.05, 0) is 92.8 Å². The summed E-state index contributed by atoms with van der Waals surface area (Å²) in [5.41, 5.74) is -4.42. The first kappa shape index (κ1) is 67.2. The summed E-state index contributed by atoms with van der Waals surface area (Å²) >= 11 is 0. The van der Waals surface area contributed by atoms with Crippen molar-refractivity contribution in [3.8, 4) is 0 Å². The Bertz CT molecular complexity index is 2550. The predicted molar refractivity (Wildman–Crippen MR) is 289 cm³/mol. The number of aliphatic hydroxyl groups excluding tert-OH is 12. The summed E-state index contributed by atoms with van der Waals surface area (Å²) in [6.45, 7) is 13.8. The Morgan fingerprint density at radius 3 is 1.91 bits per heavy atom. The molecule has 9 aliphatic rings. The van der Waals surface area contributed by atoms with Crippen molar-refractivity contribution in [1.82, 2.24) is 0 Å². The lowest BCUT2D eigenvalue weighted by atomic mass is 9.33. The summed E-state index contributed by atoms with van der Waals surface area (Å²) in [4.78, 5) is 53.8. The summed E-state index contributed by atoms with van der Waals surface area (Å²) in [7, 11) is 0. The molecule has 0 bridgehead atoms. The number of aliphatic hydroxyl groups is 12. The molecule has 5 aliphatic carbocycles. The summed E-state index contributed by atoms with van der Waals surface area (Å²) < 4.78 is 60.5. The Labute approximate surface area is 498 Å². The third kappa shape index (κ3) is 10.9. The number of rotatable bonds is 15. The van der Waals surface area contributed by atoms with Gasteiger partial charge in [0.1, 0.15) is 97.8 Å². The van der Waals surface area contributed by atoms with Gasteiger partial charge in [0.25, 0.3) is 0 Å². The van der Waals surface area contributed by atoms with Gasteiger partial charge in [0.15, 0.2) is 31.3 Å². The molecular weight excluding hydrogens is 1140 g/mol. The average Bonchev–Trinajstić information content (AvgIpc) is 0.674. The van der Waals surface area contributed by atoms with Gasteiger partial charge < -0.3 is 119 Å². The van der Waals surface area contributed by atoms with Crippen LogP contribution >= 0.6 is 0 Å². The number of fused-ring (bicyclic) bond motifs is 7. The van der Waals surface area contributed by atoms with Crippen molar-refractivity contribution >= 4 is 24.2 Å². The topological polar surface area (TPSA) is 424 Å². The molecule has 4 saturated heterocycles. The van der Waals surface area contributed by atoms with Crippen molar-refractivity contribution in [3.05, 3.63) is 23.3 Å². The molecule has 27 nitrogen and oxygen atoms in total. The monoisotopic (exact) mass is 1230 g/mol. The van der Waals surface area contributed by atoms with Crippen LogP contribution in [0.3, 0.4) is 0 Å². The maximum absolute atomic E-state index is 14.2. The largest absolute Gasteiger partial charge is 0.479 e. The van der Waals surface area contributed by atoms with Crippen molar-refractivity contribution in [2.75, 3.05) is 26.4 Å². The molecule has 0 radical (unpaired) electrons. The van der Waals surface area contributed by atoms with Crippen molar-refractivity contribution in [2.45, 2.75) is 242 Å². The van der Waals surface area contributed by atoms with Crippen LogP contribution in [0.2, 0.25) is 0 Å². The number of carbonyl (C=O) groups excluding carboxylic acids is 3. The molecular formula is C59H90O27. The quantitative estimate of drug-likeness (QED) is 0.0277. The smallest absolute Gasteiger partial charge is 0.335 e. The summed E-state index contributed by atoms with van der Waals surface area (Å²) in [6.07, 6.45) is -32.4. The van der Waals surface area contributed by atoms with Crippen LogP contribution in [0.25, 0.3) is 0 Å². The van der Waals surface area contributed by atoms with Gasteiger partial charge >= 0.3 is 17.9 Å². The highest BCUT2D eigenvalue weighted by Crippen LogP contribution is 2.76. The molecule has 3 unspecified atom stereocenters. The second-order valence-corrected chi connectivity index (χ2v) is 27.3. The van der Waals surface area contributed by atoms with Crippen molar-refractivity contribution < 1.29 is 133 Å². The van der Waals surface area contributed by atoms with Gasteiger partial charge in [-0.25, -0.2) is 9.59 Å². The second kappa shape index (κ2) is 24.8. The van der Waals surface area contributed by atoms with Crippen LogP contribution in [0.4, 0.5) is 0 Å². The molecule has 488 valence electrons. The van der Waals surface area contributed by atoms with Crippen molar-refractivity contribution in [1.29, 1.82) is 0 Å². The average molecular weight is 1230 g/mol. The molecule has 86 heavy (non-hydrogen) atoms. The zero-order valence-corrected chi connectivity index (χ0v) is 50.0. The Morgan fingerprint density at radius 1 is 0.663 bits per heavy atom. The minimum Gasteiger partial charge on any atom is -0.479 e. The molecule has 13 N–H and O–H groups in total. The number of carboxylic acids is 1. The zero-order valence-electron chi connectivity index (χ0n) is 50.0. The van der Waals surface area contributed by atoms with E-state index in [0.29, 0.717) is 37.7 Å². The molecule has 4 aliphatic heterocycles. The van der Waals surface area contributed by atoms with Gasteiger partial charge in [-0.15, -0.1) is 0 Å². The van der Waals surface area contributed by atoms with E-state index in [1.807, 2.05) is 13.8 Å². The molecule has 0 aromatic heterocycles. The van der Waals surface area contributed by atoms with Crippen molar-refractivity contribution in [3.63, 3.8) is 0 Å². The van der Waals surface area contributed by atoms with E-state index in [0.717, 1.165) is 11.9 Å². The lowest BCUT2D eigenvalue weighted by molar-refractivity contribution is -0.398. The summed E-state index contributed by atoms with van der Waals surface area (Å²) in [5.74, 6) is -4.24. The Hall–Kier alpha value is -3.24. The van der Waals surface area contributed by atoms with Gasteiger partial charge in [-0.3, -0.25) is 4.79 Å². The van der Waals surface area contributed by atoms with Crippen LogP contribution in [0.1, 0.15) is 107 Å². The van der Waals surface area contributed by atoms with E-state index in [2.05, 4.69) is 26.8 Å². The number of aldehydes is 1. The van der Waals surface area contributed by atoms with E-state index in [1.54, 1.807) is 26.8 Å². The third-order valence-corrected chi connectivity index (χ3v) is 22.2. The standard InChI is InChI=1S/C59H90O27/c1-10-24(2)49(76)86-46-47(79-25(3)63)59(23-62)27(17-54(46,4)5)26-11-12-32-55(6)15-14-34(56(7,22-61)31(55)13-16-57(32,8)58(26,9)18-33(59)66)81-53-45(85-51-40(72)38(70)37(69)30(19-60)80-51)42(41(73)43(83-53)48(74)75)82-52-44(36(68)29(65)21-78-52)84-50-39(71)35(67)28(64)20-77-50/h10-11,22,27-47,50-53,60,62,64-73H,12-21,23H2,1-9H3,(H,74,75)/b24-10-/t27?,28-,29+,30-,31?,32?,33-,34+,35+,36+,37+,38+,39-,40-,41+,42+,43+,44-,45-,46+,47+,50+,51-,52+,53-,55+,56+,57-,58-,59+/m1/s1. The van der Waals surface area contributed by atoms with Crippen molar-refractivity contribution in [2.24, 2.45) is 50.2 Å². The number of carbonyl (C=O) groups is 4. The fraction of sp³-hybridized carbons (Fsp3) is 0.864. The molecule has 30 atom stereocenters. The fourth-order valence-corrected chi connectivity index (χ4v) is 17.0. The van der Waals surface area contributed by atoms with E-state index in [-0.39, 0.29) is 18.8 Å². The number of hydrogen-bond acceptors (Lipinski definition) is 26. The van der Waals surface area contributed by atoms with E-state index in [9.17, 15) is 85.6 Å². The molecule has 8 fully saturated rings. The normalized spacial score (nSPS) is 51.1. The highest BCUT2D eigenvalue weighted by atomic mass is 16.8. The number of ether oxygens (including phenoxy) is 10. The number of hydrogen-bond donors (Lipinski definition) is 13. The summed E-state index contributed by atoms with van der Waals surface area (Å²) in [5, 5.41) is 144. The van der Waals surface area contributed by atoms with Crippen LogP contribution in [0.5, 0.6) is 0 Å². The number of esters is 2. The lowest BCUT2D eigenvalue weighted by Gasteiger charge is -2.72. The molecule has 0 spiro atoms. The van der Waals surface area contributed by atoms with Crippen LogP contribution < -0.4 is 0 Å². The zero-order chi connectivity index (χ0) is 63.3. The van der Waals surface area contributed by atoms with Crippen LogP contribution in [-0.4, -0.2) is 252 Å². The highest BCUT2D eigenvalue weighted by Gasteiger charge is 2.74. The maximum atomic E-state index is 14.2. The SMILES string of the molecule is C/C=C(/C)C(=O)O[C@H]1[C@H](OC(C)=O)[C@@]2(CO)C(CC1(C)C)C1=CCC3[C@@]4(C)CC[C@H](O[C@@H]5O[C@H](C(=O)O)[C@@H](O)[C@H](O[C@@H]6OC[C@H](O)[C@H](O)[C@H]6O[C@@H]6OC[C@@H](O)[C@H](O)[C@H]6O)[C@H]5O[C@H]5O[C@H](CO)[C@H](O)[C@H](O)[C@H]5O)[C@@](C)(C=O)C4CC[C@@]3(C)[C@]1(C)C[C@H]2O. The molecule has 0 aromatic rings. The molecule has 0 aromatic carbocycles. The lowest BCUT2D eigenvalue weighted by Crippen LogP contribution is -2.72. The van der Waals surface area contributed by atoms with Crippen LogP contribution in [0.15, 0.2) is 23.3 Å². The fourth-order valence-electron chi connectivity index (χ4n) is 17.0. The molecule has 27 heteroatoms. The molecule has 4 heterocycles. The summed E-state index contributed by atoms with van der Waals surface area (Å²) in [6, 6.07) is 0. The van der Waals surface area contributed by atoms with Crippen LogP contribution in [0, 0.1) is 50.2 Å². The molecule has 9 rings (SSSR count). The van der Waals surface area contributed by atoms with Gasteiger partial charge in [-0.2, -0.15) is 0 Å². The predicted octanol–water partition coefficient (Wildman–Crippen LogP) is -2.01. The first-order valence-electron chi connectivity index (χ1n) is 29.9. The Balaban J connectivity index is 1.05. The van der Waals surface area contributed by atoms with E-state index in [1.165, 1.54) is 6.92 Å². The van der Waals surface area contributed by atoms with E-state index in [4.69, 9.17) is 47.4 Å². The molecule has 0 amide bonds. The third-order valence-electron chi connectivity index (χ3n) is 22.2. The minimum absolute atomic E-state index is 0.112. The number of carboxylic acid groups (broad SMARTS) is 1. The highest BCUT2D eigenvalue weighted by molar-refractivity contribution is 5.87. The van der Waals surface area contributed by atoms with E-state index < -0.39 is 224 Å². The second-order valence-electron chi connectivity index (χ2n) is 27.3. The minimum atomic E-state index is -2.28. The van der Waals surface area contributed by atoms with Gasteiger partial charge in [0.05, 0.1) is 49.5 Å². The Morgan fingerprint density at radius 2 is 1.29 bits per heavy atom. The maximum Gasteiger partial charge on any atom is 0.335 e. The van der Waals surface area contributed by atoms with E-state index >= 15 is 0 Å². The first-order chi connectivity index (χ1) is 40.3. The Kier molecular flexibility index (Phi) is 19.3. The van der Waals surface area contributed by atoms with Gasteiger partial charge in [0, 0.05) is 17.9 Å². The van der Waals surface area contributed by atoms with Gasteiger partial charge in [-0.1, -0.05) is 59.3 Å². The molecule has 4 saturated carbocycles. The first-order valence-corrected chi connectivity index (χ1v) is 29.9.